The van der Waals surface area contributed by atoms with Gasteiger partial charge in [-0.15, -0.1) is 0 Å². The molecule has 1 aromatic heterocycles. The smallest absolute Gasteiger partial charge is 0.0596 e. The molecule has 2 atom stereocenters. The Hall–Kier alpha value is -0.870. The Kier molecular flexibility index (Phi) is 6.05. The molecule has 0 saturated carbocycles. The summed E-state index contributed by atoms with van der Waals surface area (Å²) in [5.41, 5.74) is 2.41. The molecular weight excluding hydrogens is 250 g/mol. The first kappa shape index (κ1) is 15.5. The number of nitrogens with zero attached hydrogens (tertiary/aromatic N) is 2. The lowest BCUT2D eigenvalue weighted by atomic mass is 9.98. The van der Waals surface area contributed by atoms with Crippen molar-refractivity contribution in [2.75, 3.05) is 13.2 Å². The maximum atomic E-state index is 5.90. The second kappa shape index (κ2) is 7.79. The van der Waals surface area contributed by atoms with Gasteiger partial charge in [0, 0.05) is 31.8 Å². The summed E-state index contributed by atoms with van der Waals surface area (Å²) in [4.78, 5) is 0. The quantitative estimate of drug-likeness (QED) is 0.834. The molecular formula is C16H29N3O. The maximum absolute atomic E-state index is 5.90. The van der Waals surface area contributed by atoms with Gasteiger partial charge >= 0.3 is 0 Å². The van der Waals surface area contributed by atoms with E-state index in [-0.39, 0.29) is 0 Å². The first-order chi connectivity index (χ1) is 9.69. The molecule has 0 aromatic carbocycles. The number of ether oxygens (including phenoxy) is 1. The average Bonchev–Trinajstić information content (AvgIpc) is 2.75. The molecule has 2 rings (SSSR count). The fraction of sp³-hybridized carbons (Fsp3) is 0.812. The van der Waals surface area contributed by atoms with Crippen LogP contribution in [-0.2, 0) is 18.2 Å². The SMILES string of the molecule is CCCNC(Cc1cc(C)nn1C)CC1CCCCO1. The van der Waals surface area contributed by atoms with Crippen molar-refractivity contribution in [3.05, 3.63) is 17.5 Å². The molecule has 0 aliphatic carbocycles. The number of aromatic nitrogens is 2. The molecule has 20 heavy (non-hydrogen) atoms. The van der Waals surface area contributed by atoms with E-state index in [0.29, 0.717) is 12.1 Å². The van der Waals surface area contributed by atoms with Crippen LogP contribution in [0.1, 0.15) is 50.4 Å². The monoisotopic (exact) mass is 279 g/mol. The van der Waals surface area contributed by atoms with Gasteiger partial charge in [0.15, 0.2) is 0 Å². The number of hydrogen-bond acceptors (Lipinski definition) is 3. The molecule has 1 aliphatic rings. The van der Waals surface area contributed by atoms with Crippen LogP contribution in [0.15, 0.2) is 6.07 Å². The first-order valence-corrected chi connectivity index (χ1v) is 8.03. The standard InChI is InChI=1S/C16H29N3O/c1-4-8-17-14(12-16-7-5-6-9-20-16)11-15-10-13(2)18-19(15)3/h10,14,16-17H,4-9,11-12H2,1-3H3. The summed E-state index contributed by atoms with van der Waals surface area (Å²) in [6.07, 6.45) is 7.52. The molecule has 1 N–H and O–H groups in total. The number of aryl methyl sites for hydroxylation is 2. The van der Waals surface area contributed by atoms with Crippen molar-refractivity contribution in [1.82, 2.24) is 15.1 Å². The summed E-state index contributed by atoms with van der Waals surface area (Å²) < 4.78 is 7.91. The zero-order valence-corrected chi connectivity index (χ0v) is 13.2. The van der Waals surface area contributed by atoms with E-state index in [2.05, 4.69) is 30.3 Å². The molecule has 2 heterocycles. The predicted molar refractivity (Wildman–Crippen MR) is 81.9 cm³/mol. The molecule has 114 valence electrons. The second-order valence-corrected chi connectivity index (χ2v) is 5.98. The predicted octanol–water partition coefficient (Wildman–Crippen LogP) is 2.60. The summed E-state index contributed by atoms with van der Waals surface area (Å²) in [5, 5.41) is 8.13. The Balaban J connectivity index is 1.93. The number of nitrogens with one attached hydrogen (secondary N) is 1. The van der Waals surface area contributed by atoms with E-state index in [4.69, 9.17) is 4.74 Å². The molecule has 2 unspecified atom stereocenters. The Morgan fingerprint density at radius 1 is 1.50 bits per heavy atom. The van der Waals surface area contributed by atoms with Gasteiger partial charge in [0.05, 0.1) is 11.8 Å². The van der Waals surface area contributed by atoms with Gasteiger partial charge in [-0.25, -0.2) is 0 Å². The van der Waals surface area contributed by atoms with Gasteiger partial charge in [0.25, 0.3) is 0 Å². The van der Waals surface area contributed by atoms with Crippen LogP contribution < -0.4 is 5.32 Å². The van der Waals surface area contributed by atoms with Crippen molar-refractivity contribution in [1.29, 1.82) is 0 Å². The van der Waals surface area contributed by atoms with Gasteiger partial charge in [-0.3, -0.25) is 4.68 Å². The van der Waals surface area contributed by atoms with Crippen LogP contribution in [0.25, 0.3) is 0 Å². The van der Waals surface area contributed by atoms with Crippen LogP contribution in [-0.4, -0.2) is 35.1 Å². The molecule has 0 amide bonds. The van der Waals surface area contributed by atoms with Gasteiger partial charge in [-0.2, -0.15) is 5.10 Å². The fourth-order valence-electron chi connectivity index (χ4n) is 3.01. The molecule has 1 aromatic rings. The van der Waals surface area contributed by atoms with Gasteiger partial charge in [0.1, 0.15) is 0 Å². The largest absolute Gasteiger partial charge is 0.378 e. The summed E-state index contributed by atoms with van der Waals surface area (Å²) in [6, 6.07) is 2.69. The van der Waals surface area contributed by atoms with E-state index < -0.39 is 0 Å². The molecule has 4 heteroatoms. The zero-order chi connectivity index (χ0) is 14.4. The van der Waals surface area contributed by atoms with Crippen molar-refractivity contribution in [3.8, 4) is 0 Å². The Labute approximate surface area is 122 Å². The lowest BCUT2D eigenvalue weighted by molar-refractivity contribution is 0.00516. The molecule has 1 aliphatic heterocycles. The molecule has 0 bridgehead atoms. The molecule has 1 fully saturated rings. The summed E-state index contributed by atoms with van der Waals surface area (Å²) >= 11 is 0. The van der Waals surface area contributed by atoms with Crippen LogP contribution in [0.2, 0.25) is 0 Å². The zero-order valence-electron chi connectivity index (χ0n) is 13.2. The normalized spacial score (nSPS) is 21.1. The first-order valence-electron chi connectivity index (χ1n) is 8.03. The van der Waals surface area contributed by atoms with Crippen molar-refractivity contribution >= 4 is 0 Å². The summed E-state index contributed by atoms with van der Waals surface area (Å²) in [7, 11) is 2.04. The van der Waals surface area contributed by atoms with E-state index >= 15 is 0 Å². The highest BCUT2D eigenvalue weighted by atomic mass is 16.5. The Morgan fingerprint density at radius 3 is 2.95 bits per heavy atom. The van der Waals surface area contributed by atoms with Crippen molar-refractivity contribution in [3.63, 3.8) is 0 Å². The van der Waals surface area contributed by atoms with Crippen molar-refractivity contribution in [2.24, 2.45) is 7.05 Å². The van der Waals surface area contributed by atoms with Crippen molar-refractivity contribution in [2.45, 2.75) is 64.5 Å². The second-order valence-electron chi connectivity index (χ2n) is 5.98. The minimum Gasteiger partial charge on any atom is -0.378 e. The van der Waals surface area contributed by atoms with Crippen molar-refractivity contribution < 1.29 is 4.74 Å². The van der Waals surface area contributed by atoms with Crippen LogP contribution in [0, 0.1) is 6.92 Å². The molecule has 0 spiro atoms. The topological polar surface area (TPSA) is 39.1 Å². The Morgan fingerprint density at radius 2 is 2.35 bits per heavy atom. The average molecular weight is 279 g/mol. The third-order valence-electron chi connectivity index (χ3n) is 4.06. The molecule has 0 radical (unpaired) electrons. The Bertz CT molecular complexity index is 396. The third-order valence-corrected chi connectivity index (χ3v) is 4.06. The van der Waals surface area contributed by atoms with Gasteiger partial charge in [-0.1, -0.05) is 6.92 Å². The summed E-state index contributed by atoms with van der Waals surface area (Å²) in [5.74, 6) is 0. The lowest BCUT2D eigenvalue weighted by Crippen LogP contribution is -2.37. The molecule has 4 nitrogen and oxygen atoms in total. The summed E-state index contributed by atoms with van der Waals surface area (Å²) in [6.45, 7) is 6.29. The molecule has 1 saturated heterocycles. The van der Waals surface area contributed by atoms with Crippen LogP contribution >= 0.6 is 0 Å². The van der Waals surface area contributed by atoms with E-state index in [9.17, 15) is 0 Å². The third kappa shape index (κ3) is 4.60. The highest BCUT2D eigenvalue weighted by Gasteiger charge is 2.20. The van der Waals surface area contributed by atoms with Crippen LogP contribution in [0.3, 0.4) is 0 Å². The van der Waals surface area contributed by atoms with Gasteiger partial charge in [-0.05, 0) is 51.6 Å². The highest BCUT2D eigenvalue weighted by molar-refractivity contribution is 5.10. The van der Waals surface area contributed by atoms with E-state index in [0.717, 1.165) is 31.7 Å². The van der Waals surface area contributed by atoms with E-state index in [1.54, 1.807) is 0 Å². The number of hydrogen-bond donors (Lipinski definition) is 1. The van der Waals surface area contributed by atoms with E-state index in [1.807, 2.05) is 11.7 Å². The highest BCUT2D eigenvalue weighted by Crippen LogP contribution is 2.19. The van der Waals surface area contributed by atoms with Gasteiger partial charge < -0.3 is 10.1 Å². The number of rotatable bonds is 7. The minimum absolute atomic E-state index is 0.437. The van der Waals surface area contributed by atoms with Gasteiger partial charge in [0.2, 0.25) is 0 Å². The maximum Gasteiger partial charge on any atom is 0.0596 e. The van der Waals surface area contributed by atoms with Crippen LogP contribution in [0.5, 0.6) is 0 Å². The fourth-order valence-corrected chi connectivity index (χ4v) is 3.01. The van der Waals surface area contributed by atoms with Crippen LogP contribution in [0.4, 0.5) is 0 Å². The van der Waals surface area contributed by atoms with E-state index in [1.165, 1.54) is 31.4 Å². The minimum atomic E-state index is 0.437. The lowest BCUT2D eigenvalue weighted by Gasteiger charge is -2.27.